The van der Waals surface area contributed by atoms with E-state index in [-0.39, 0.29) is 12.6 Å². The predicted molar refractivity (Wildman–Crippen MR) is 131 cm³/mol. The monoisotopic (exact) mass is 500 g/mol. The number of benzene rings is 1. The molecule has 0 bridgehead atoms. The number of hydrogen-bond donors (Lipinski definition) is 4. The molecule has 3 heterocycles. The Kier molecular flexibility index (Phi) is 7.47. The molecular weight excluding hydrogens is 476 g/mol. The van der Waals surface area contributed by atoms with Crippen molar-refractivity contribution < 1.29 is 19.8 Å². The van der Waals surface area contributed by atoms with E-state index in [1.807, 2.05) is 24.3 Å². The minimum Gasteiger partial charge on any atom is -0.391 e. The minimum absolute atomic E-state index is 0.0888. The number of hydrogen-bond acceptors (Lipinski definition) is 7. The van der Waals surface area contributed by atoms with Gasteiger partial charge in [0.05, 0.1) is 21.6 Å². The summed E-state index contributed by atoms with van der Waals surface area (Å²) in [7, 11) is 0. The van der Waals surface area contributed by atoms with Gasteiger partial charge in [0.25, 0.3) is 11.8 Å². The lowest BCUT2D eigenvalue weighted by molar-refractivity contribution is -0.153. The Bertz CT molecular complexity index is 1170. The normalized spacial score (nSPS) is 17.4. The number of carbonyl (C=O) groups is 2. The third-order valence-electron chi connectivity index (χ3n) is 5.76. The van der Waals surface area contributed by atoms with Crippen LogP contribution in [0.15, 0.2) is 54.7 Å². The number of aliphatic hydroxyl groups excluding tert-OH is 2. The quantitative estimate of drug-likeness (QED) is 0.395. The lowest BCUT2D eigenvalue weighted by Crippen LogP contribution is -2.50. The van der Waals surface area contributed by atoms with Crippen LogP contribution < -0.4 is 11.1 Å². The Hall–Kier alpha value is -2.98. The number of nitrogens with zero attached hydrogens (tertiary/aromatic N) is 2. The van der Waals surface area contributed by atoms with E-state index in [1.54, 1.807) is 30.5 Å². The number of amides is 2. The van der Waals surface area contributed by atoms with E-state index < -0.39 is 24.0 Å². The number of nitrogens with two attached hydrogens (primary N) is 1. The molecule has 1 aromatic carbocycles. The maximum absolute atomic E-state index is 12.9. The first-order valence-corrected chi connectivity index (χ1v) is 12.0. The molecule has 1 fully saturated rings. The van der Waals surface area contributed by atoms with Gasteiger partial charge in [0.2, 0.25) is 0 Å². The molecule has 178 valence electrons. The van der Waals surface area contributed by atoms with E-state index in [4.69, 9.17) is 17.3 Å². The predicted octanol–water partition coefficient (Wildman–Crippen LogP) is 2.75. The first kappa shape index (κ1) is 24.2. The van der Waals surface area contributed by atoms with Gasteiger partial charge in [0.1, 0.15) is 0 Å². The summed E-state index contributed by atoms with van der Waals surface area (Å²) < 4.78 is 0. The summed E-state index contributed by atoms with van der Waals surface area (Å²) in [6.07, 6.45) is -0.695. The third kappa shape index (κ3) is 5.39. The van der Waals surface area contributed by atoms with Crippen molar-refractivity contribution in [1.29, 1.82) is 0 Å². The lowest BCUT2D eigenvalue weighted by atomic mass is 10.0. The van der Waals surface area contributed by atoms with E-state index in [0.717, 1.165) is 22.6 Å². The summed E-state index contributed by atoms with van der Waals surface area (Å²) >= 11 is 7.50. The van der Waals surface area contributed by atoms with Crippen molar-refractivity contribution >= 4 is 39.8 Å². The molecule has 0 aliphatic carbocycles. The highest BCUT2D eigenvalue weighted by Crippen LogP contribution is 2.33. The second kappa shape index (κ2) is 10.5. The van der Waals surface area contributed by atoms with Crippen LogP contribution in [0.1, 0.15) is 30.0 Å². The van der Waals surface area contributed by atoms with Crippen LogP contribution in [0.4, 0.5) is 5.00 Å². The molecule has 2 aromatic heterocycles. The fourth-order valence-electron chi connectivity index (χ4n) is 4.00. The van der Waals surface area contributed by atoms with Gasteiger partial charge in [-0.05, 0) is 54.3 Å². The van der Waals surface area contributed by atoms with Gasteiger partial charge in [-0.3, -0.25) is 14.6 Å². The largest absolute Gasteiger partial charge is 0.391 e. The van der Waals surface area contributed by atoms with E-state index in [2.05, 4.69) is 10.3 Å². The maximum atomic E-state index is 12.9. The van der Waals surface area contributed by atoms with E-state index in [9.17, 15) is 19.8 Å². The number of rotatable bonds is 7. The van der Waals surface area contributed by atoms with Crippen molar-refractivity contribution in [3.8, 4) is 10.6 Å². The van der Waals surface area contributed by atoms with Gasteiger partial charge in [-0.1, -0.05) is 29.8 Å². The molecule has 8 nitrogen and oxygen atoms in total. The second-order valence-corrected chi connectivity index (χ2v) is 9.66. The van der Waals surface area contributed by atoms with Gasteiger partial charge in [-0.15, -0.1) is 11.3 Å². The Morgan fingerprint density at radius 1 is 1.21 bits per heavy atom. The molecule has 4 rings (SSSR count). The minimum atomic E-state index is -1.89. The summed E-state index contributed by atoms with van der Waals surface area (Å²) in [4.78, 5) is 32.1. The van der Waals surface area contributed by atoms with Crippen molar-refractivity contribution in [2.75, 3.05) is 12.3 Å². The van der Waals surface area contributed by atoms with Crippen LogP contribution in [0.5, 0.6) is 0 Å². The highest BCUT2D eigenvalue weighted by Gasteiger charge is 2.38. The van der Waals surface area contributed by atoms with Crippen LogP contribution in [0.25, 0.3) is 10.6 Å². The number of halogens is 1. The summed E-state index contributed by atoms with van der Waals surface area (Å²) in [5.41, 5.74) is 8.07. The zero-order valence-electron chi connectivity index (χ0n) is 18.2. The van der Waals surface area contributed by atoms with E-state index >= 15 is 0 Å². The molecule has 1 aliphatic heterocycles. The summed E-state index contributed by atoms with van der Waals surface area (Å²) in [6, 6.07) is 14.2. The highest BCUT2D eigenvalue weighted by molar-refractivity contribution is 7.19. The number of nitrogens with one attached hydrogen (secondary N) is 1. The van der Waals surface area contributed by atoms with Gasteiger partial charge >= 0.3 is 0 Å². The lowest BCUT2D eigenvalue weighted by Gasteiger charge is -2.28. The Balaban J connectivity index is 1.34. The summed E-state index contributed by atoms with van der Waals surface area (Å²) in [5, 5.41) is 24.6. The molecule has 3 atom stereocenters. The van der Waals surface area contributed by atoms with Gasteiger partial charge in [-0.2, -0.15) is 0 Å². The van der Waals surface area contributed by atoms with Crippen molar-refractivity contribution in [3.05, 3.63) is 70.9 Å². The third-order valence-corrected chi connectivity index (χ3v) is 6.93. The maximum Gasteiger partial charge on any atom is 0.255 e. The standard InChI is InChI=1S/C24H25ClN4O4S/c25-16-4-1-3-15(11-16)18-5-2-10-29(18)24(33)22(31)21(30)23(32)28-13-14-6-7-17(27-12-14)19-8-9-20(26)34-19/h1,3-4,6-9,11-12,18,21-22,30-31H,2,5,10,13,26H2,(H,28,32)/t18?,21-,22-/m1/s1. The van der Waals surface area contributed by atoms with Crippen LogP contribution in [-0.2, 0) is 16.1 Å². The number of likely N-dealkylation sites (tertiary alicyclic amines) is 1. The smallest absolute Gasteiger partial charge is 0.255 e. The van der Waals surface area contributed by atoms with E-state index in [0.29, 0.717) is 28.6 Å². The second-order valence-electron chi connectivity index (χ2n) is 8.11. The molecule has 0 spiro atoms. The first-order valence-electron chi connectivity index (χ1n) is 10.8. The molecule has 34 heavy (non-hydrogen) atoms. The van der Waals surface area contributed by atoms with Gasteiger partial charge < -0.3 is 26.2 Å². The Morgan fingerprint density at radius 3 is 2.71 bits per heavy atom. The number of aliphatic hydroxyl groups is 2. The molecule has 3 aromatic rings. The fourth-order valence-corrected chi connectivity index (χ4v) is 4.95. The average molecular weight is 501 g/mol. The van der Waals surface area contributed by atoms with Crippen LogP contribution in [-0.4, -0.2) is 50.7 Å². The number of thiophene rings is 1. The zero-order valence-corrected chi connectivity index (χ0v) is 19.8. The van der Waals surface area contributed by atoms with Crippen LogP contribution >= 0.6 is 22.9 Å². The van der Waals surface area contributed by atoms with Crippen molar-refractivity contribution in [1.82, 2.24) is 15.2 Å². The molecule has 10 heteroatoms. The topological polar surface area (TPSA) is 129 Å². The van der Waals surface area contributed by atoms with Crippen LogP contribution in [0, 0.1) is 0 Å². The Labute approximate surface area is 206 Å². The molecule has 1 saturated heterocycles. The molecule has 5 N–H and O–H groups in total. The number of carbonyl (C=O) groups excluding carboxylic acids is 2. The molecule has 2 amide bonds. The van der Waals surface area contributed by atoms with Crippen molar-refractivity contribution in [2.24, 2.45) is 0 Å². The summed E-state index contributed by atoms with van der Waals surface area (Å²) in [5.74, 6) is -1.53. The van der Waals surface area contributed by atoms with E-state index in [1.165, 1.54) is 16.2 Å². The number of anilines is 1. The molecule has 1 aliphatic rings. The summed E-state index contributed by atoms with van der Waals surface area (Å²) in [6.45, 7) is 0.515. The van der Waals surface area contributed by atoms with Gasteiger partial charge in [-0.25, -0.2) is 0 Å². The zero-order chi connectivity index (χ0) is 24.2. The van der Waals surface area contributed by atoms with Crippen molar-refractivity contribution in [2.45, 2.75) is 37.6 Å². The highest BCUT2D eigenvalue weighted by atomic mass is 35.5. The van der Waals surface area contributed by atoms with Crippen LogP contribution in [0.3, 0.4) is 0 Å². The molecule has 1 unspecified atom stereocenters. The molecular formula is C24H25ClN4O4S. The van der Waals surface area contributed by atoms with Crippen molar-refractivity contribution in [3.63, 3.8) is 0 Å². The van der Waals surface area contributed by atoms with Gasteiger partial charge in [0, 0.05) is 24.3 Å². The SMILES string of the molecule is Nc1ccc(-c2ccc(CNC(=O)[C@H](O)[C@@H](O)C(=O)N3CCCC3c3cccc(Cl)c3)cn2)s1. The van der Waals surface area contributed by atoms with Crippen LogP contribution in [0.2, 0.25) is 5.02 Å². The van der Waals surface area contributed by atoms with Gasteiger partial charge in [0.15, 0.2) is 12.2 Å². The first-order chi connectivity index (χ1) is 16.3. The Morgan fingerprint density at radius 2 is 2.03 bits per heavy atom. The average Bonchev–Trinajstić information content (AvgIpc) is 3.51. The number of aromatic nitrogens is 1. The molecule has 0 radical (unpaired) electrons. The molecule has 0 saturated carbocycles. The number of pyridine rings is 1. The fraction of sp³-hybridized carbons (Fsp3) is 0.292. The number of nitrogen functional groups attached to an aromatic ring is 1.